The van der Waals surface area contributed by atoms with Crippen molar-refractivity contribution in [3.05, 3.63) is 0 Å². The van der Waals surface area contributed by atoms with Crippen LogP contribution in [0.1, 0.15) is 20.8 Å². The van der Waals surface area contributed by atoms with E-state index in [-0.39, 0.29) is 36.2 Å². The molecular formula is C4H11NaO. The van der Waals surface area contributed by atoms with E-state index in [0.717, 1.165) is 0 Å². The summed E-state index contributed by atoms with van der Waals surface area (Å²) in [5.41, 5.74) is 0. The topological polar surface area (TPSA) is 23.1 Å². The second-order valence-electron chi connectivity index (χ2n) is 0.289. The summed E-state index contributed by atoms with van der Waals surface area (Å²) in [6.45, 7) is 5.57. The first kappa shape index (κ1) is 15.8. The molecule has 0 radical (unpaired) electrons. The average molecular weight is 98.1 g/mol. The predicted molar refractivity (Wildman–Crippen MR) is 21.9 cm³/mol. The van der Waals surface area contributed by atoms with Crippen molar-refractivity contribution in [3.8, 4) is 0 Å². The Bertz CT molecular complexity index is 7.51. The molecule has 2 heteroatoms. The largest absolute Gasteiger partial charge is 1.00 e. The van der Waals surface area contributed by atoms with Gasteiger partial charge in [-0.25, -0.2) is 0 Å². The summed E-state index contributed by atoms with van der Waals surface area (Å²) < 4.78 is 0. The summed E-state index contributed by atoms with van der Waals surface area (Å²) in [6.07, 6.45) is 0. The van der Waals surface area contributed by atoms with Crippen LogP contribution in [-0.2, 0) is 0 Å². The molecule has 0 N–H and O–H groups in total. The third-order valence-electron chi connectivity index (χ3n) is 0. The van der Waals surface area contributed by atoms with Gasteiger partial charge < -0.3 is 5.11 Å². The molecule has 0 aromatic carbocycles. The van der Waals surface area contributed by atoms with Gasteiger partial charge in [-0.1, -0.05) is 20.8 Å². The molecule has 0 aromatic heterocycles. The van der Waals surface area contributed by atoms with E-state index in [0.29, 0.717) is 0 Å². The molecular weight excluding hydrogens is 87.0 g/mol. The molecule has 0 heterocycles. The van der Waals surface area contributed by atoms with Gasteiger partial charge in [0, 0.05) is 0 Å². The van der Waals surface area contributed by atoms with Gasteiger partial charge in [0.05, 0.1) is 0 Å². The summed E-state index contributed by atoms with van der Waals surface area (Å²) in [6, 6.07) is 0. The zero-order chi connectivity index (χ0) is 4.71. The minimum Gasteiger partial charge on any atom is -0.855 e. The van der Waals surface area contributed by atoms with E-state index in [1.807, 2.05) is 13.8 Å². The van der Waals surface area contributed by atoms with E-state index in [9.17, 15) is 0 Å². The molecule has 6 heavy (non-hydrogen) atoms. The number of hydrogen-bond acceptors (Lipinski definition) is 1. The van der Waals surface area contributed by atoms with Crippen LogP contribution in [0.15, 0.2) is 0 Å². The molecule has 0 rings (SSSR count). The molecule has 0 saturated heterocycles. The number of rotatable bonds is 0. The molecule has 0 fully saturated rings. The molecule has 0 atom stereocenters. The van der Waals surface area contributed by atoms with Gasteiger partial charge >= 0.3 is 29.6 Å². The van der Waals surface area contributed by atoms with Crippen molar-refractivity contribution in [2.75, 3.05) is 6.61 Å². The molecule has 0 aromatic rings. The van der Waals surface area contributed by atoms with Crippen molar-refractivity contribution in [1.82, 2.24) is 0 Å². The van der Waals surface area contributed by atoms with Gasteiger partial charge in [0.15, 0.2) is 0 Å². The van der Waals surface area contributed by atoms with Crippen molar-refractivity contribution in [1.29, 1.82) is 0 Å². The monoisotopic (exact) mass is 98.1 g/mol. The summed E-state index contributed by atoms with van der Waals surface area (Å²) in [5, 5.41) is 8.93. The Morgan fingerprint density at radius 1 is 1.33 bits per heavy atom. The Morgan fingerprint density at radius 2 is 1.33 bits per heavy atom. The summed E-state index contributed by atoms with van der Waals surface area (Å²) in [5.74, 6) is 0. The first-order valence-corrected chi connectivity index (χ1v) is 2.00. The minimum absolute atomic E-state index is 0. The van der Waals surface area contributed by atoms with Crippen molar-refractivity contribution >= 4 is 0 Å². The van der Waals surface area contributed by atoms with Gasteiger partial charge in [-0.3, -0.25) is 0 Å². The Balaban J connectivity index is -0.0000000275. The Kier molecular flexibility index (Phi) is 100. The van der Waals surface area contributed by atoms with E-state index in [2.05, 4.69) is 0 Å². The maximum absolute atomic E-state index is 8.93. The molecule has 0 aliphatic heterocycles. The van der Waals surface area contributed by atoms with Crippen LogP contribution in [0.5, 0.6) is 0 Å². The van der Waals surface area contributed by atoms with Crippen LogP contribution >= 0.6 is 0 Å². The van der Waals surface area contributed by atoms with E-state index in [1.54, 1.807) is 6.92 Å². The van der Waals surface area contributed by atoms with E-state index < -0.39 is 0 Å². The Labute approximate surface area is 62.0 Å². The van der Waals surface area contributed by atoms with E-state index in [1.165, 1.54) is 0 Å². The molecule has 1 nitrogen and oxygen atoms in total. The van der Waals surface area contributed by atoms with Gasteiger partial charge in [-0.15, -0.1) is 6.61 Å². The fraction of sp³-hybridized carbons (Fsp3) is 1.00. The van der Waals surface area contributed by atoms with Crippen LogP contribution in [0.3, 0.4) is 0 Å². The smallest absolute Gasteiger partial charge is 0.855 e. The first-order valence-electron chi connectivity index (χ1n) is 2.00. The maximum Gasteiger partial charge on any atom is 1.00 e. The zero-order valence-electron chi connectivity index (χ0n) is 5.12. The second kappa shape index (κ2) is 38.2. The number of hydrogen-bond donors (Lipinski definition) is 0. The Hall–Kier alpha value is 0.960. The van der Waals surface area contributed by atoms with Crippen LogP contribution in [0.25, 0.3) is 0 Å². The van der Waals surface area contributed by atoms with E-state index >= 15 is 0 Å². The zero-order valence-corrected chi connectivity index (χ0v) is 7.12. The van der Waals surface area contributed by atoms with E-state index in [4.69, 9.17) is 5.11 Å². The average Bonchev–Trinajstić information content (AvgIpc) is 1.46. The van der Waals surface area contributed by atoms with Gasteiger partial charge in [-0.2, -0.15) is 0 Å². The SMILES string of the molecule is CC.CC[O-].[Na+]. The van der Waals surface area contributed by atoms with Crippen LogP contribution in [-0.4, -0.2) is 6.61 Å². The van der Waals surface area contributed by atoms with Crippen LogP contribution in [0.4, 0.5) is 0 Å². The molecule has 0 aliphatic rings. The molecule has 0 aliphatic carbocycles. The molecule has 0 bridgehead atoms. The fourth-order valence-corrected chi connectivity index (χ4v) is 0. The van der Waals surface area contributed by atoms with Crippen molar-refractivity contribution in [2.24, 2.45) is 0 Å². The molecule has 34 valence electrons. The summed E-state index contributed by atoms with van der Waals surface area (Å²) in [4.78, 5) is 0. The third-order valence-corrected chi connectivity index (χ3v) is 0. The molecule has 0 unspecified atom stereocenters. The predicted octanol–water partition coefficient (Wildman–Crippen LogP) is -2.60. The third kappa shape index (κ3) is 84.4. The maximum atomic E-state index is 8.93. The van der Waals surface area contributed by atoms with Gasteiger partial charge in [0.25, 0.3) is 0 Å². The normalized spacial score (nSPS) is 4.00. The second-order valence-corrected chi connectivity index (χ2v) is 0.289. The van der Waals surface area contributed by atoms with Crippen molar-refractivity contribution in [2.45, 2.75) is 20.8 Å². The minimum atomic E-state index is 0. The fourth-order valence-electron chi connectivity index (χ4n) is 0. The van der Waals surface area contributed by atoms with Gasteiger partial charge in [0.1, 0.15) is 0 Å². The molecule has 0 amide bonds. The summed E-state index contributed by atoms with van der Waals surface area (Å²) in [7, 11) is 0. The Morgan fingerprint density at radius 3 is 1.33 bits per heavy atom. The van der Waals surface area contributed by atoms with Crippen LogP contribution in [0, 0.1) is 0 Å². The quantitative estimate of drug-likeness (QED) is 0.305. The standard InChI is InChI=1S/C2H5O.C2H6.Na/c1-2-3;1-2;/h2H2,1H3;1-2H3;/q-1;;+1. The van der Waals surface area contributed by atoms with Gasteiger partial charge in [0.2, 0.25) is 0 Å². The first-order chi connectivity index (χ1) is 2.41. The molecule has 0 spiro atoms. The van der Waals surface area contributed by atoms with Crippen LogP contribution < -0.4 is 34.7 Å². The van der Waals surface area contributed by atoms with Crippen molar-refractivity contribution in [3.63, 3.8) is 0 Å². The van der Waals surface area contributed by atoms with Gasteiger partial charge in [-0.05, 0) is 0 Å². The van der Waals surface area contributed by atoms with Crippen LogP contribution in [0.2, 0.25) is 0 Å². The van der Waals surface area contributed by atoms with Crippen molar-refractivity contribution < 1.29 is 34.7 Å². The summed E-state index contributed by atoms with van der Waals surface area (Å²) >= 11 is 0. The molecule has 0 saturated carbocycles.